The van der Waals surface area contributed by atoms with Gasteiger partial charge in [-0.1, -0.05) is 42.5 Å². The number of nitrogens with one attached hydrogen (secondary N) is 1. The average Bonchev–Trinajstić information content (AvgIpc) is 2.99. The third kappa shape index (κ3) is 4.46. The molecular weight excluding hydrogens is 382 g/mol. The van der Waals surface area contributed by atoms with Crippen molar-refractivity contribution in [1.29, 1.82) is 0 Å². The minimum absolute atomic E-state index is 0.134. The van der Waals surface area contributed by atoms with Gasteiger partial charge >= 0.3 is 5.97 Å². The number of esters is 1. The lowest BCUT2D eigenvalue weighted by molar-refractivity contribution is -0.123. The van der Waals surface area contributed by atoms with Gasteiger partial charge in [-0.3, -0.25) is 14.3 Å². The van der Waals surface area contributed by atoms with Gasteiger partial charge in [-0.05, 0) is 32.9 Å². The molecule has 1 amide bonds. The molecule has 0 saturated carbocycles. The summed E-state index contributed by atoms with van der Waals surface area (Å²) in [5.41, 5.74) is 3.38. The molecule has 7 heteroatoms. The first-order chi connectivity index (χ1) is 14.3. The van der Waals surface area contributed by atoms with Gasteiger partial charge in [0.05, 0.1) is 22.6 Å². The zero-order valence-electron chi connectivity index (χ0n) is 17.3. The highest BCUT2D eigenvalue weighted by molar-refractivity contribution is 6.09. The van der Waals surface area contributed by atoms with E-state index in [1.165, 1.54) is 19.1 Å². The quantitative estimate of drug-likeness (QED) is 0.501. The van der Waals surface area contributed by atoms with Gasteiger partial charge in [0.15, 0.2) is 11.9 Å². The summed E-state index contributed by atoms with van der Waals surface area (Å²) in [4.78, 5) is 37.3. The Labute approximate surface area is 174 Å². The van der Waals surface area contributed by atoms with E-state index < -0.39 is 18.0 Å². The largest absolute Gasteiger partial charge is 0.449 e. The van der Waals surface area contributed by atoms with Gasteiger partial charge in [0.2, 0.25) is 0 Å². The summed E-state index contributed by atoms with van der Waals surface area (Å²) < 4.78 is 6.95. The molecule has 0 bridgehead atoms. The lowest BCUT2D eigenvalue weighted by Gasteiger charge is -2.14. The number of hydrogen-bond donors (Lipinski definition) is 1. The van der Waals surface area contributed by atoms with Gasteiger partial charge in [-0.2, -0.15) is 5.10 Å². The second kappa shape index (κ2) is 8.73. The number of amides is 1. The first-order valence-electron chi connectivity index (χ1n) is 9.49. The van der Waals surface area contributed by atoms with E-state index in [0.717, 1.165) is 5.69 Å². The van der Waals surface area contributed by atoms with Crippen LogP contribution in [0.3, 0.4) is 0 Å². The molecule has 0 fully saturated rings. The van der Waals surface area contributed by atoms with Crippen LogP contribution >= 0.6 is 0 Å². The molecular formula is C23H23N3O4. The molecule has 0 unspecified atom stereocenters. The first-order valence-corrected chi connectivity index (χ1v) is 9.49. The van der Waals surface area contributed by atoms with E-state index in [1.807, 2.05) is 13.0 Å². The molecule has 154 valence electrons. The SMILES string of the molecule is Cc1nn(C)c(C)c1NC(=O)[C@H](C)OC(=O)c1ccc(C(=O)c2ccccc2)cc1. The van der Waals surface area contributed by atoms with Crippen molar-refractivity contribution >= 4 is 23.3 Å². The van der Waals surface area contributed by atoms with Crippen molar-refractivity contribution in [1.82, 2.24) is 9.78 Å². The van der Waals surface area contributed by atoms with Crippen molar-refractivity contribution in [2.24, 2.45) is 7.05 Å². The number of aryl methyl sites for hydroxylation is 2. The van der Waals surface area contributed by atoms with E-state index in [9.17, 15) is 14.4 Å². The Morgan fingerprint density at radius 1 is 0.933 bits per heavy atom. The molecule has 0 aliphatic rings. The molecule has 0 saturated heterocycles. The molecule has 0 radical (unpaired) electrons. The smallest absolute Gasteiger partial charge is 0.338 e. The van der Waals surface area contributed by atoms with E-state index in [-0.39, 0.29) is 11.3 Å². The van der Waals surface area contributed by atoms with Gasteiger partial charge in [-0.15, -0.1) is 0 Å². The van der Waals surface area contributed by atoms with Crippen LogP contribution in [0.2, 0.25) is 0 Å². The molecule has 1 N–H and O–H groups in total. The van der Waals surface area contributed by atoms with Crippen LogP contribution in [0.25, 0.3) is 0 Å². The van der Waals surface area contributed by atoms with Crippen molar-refractivity contribution in [2.45, 2.75) is 26.9 Å². The third-order valence-corrected chi connectivity index (χ3v) is 4.83. The van der Waals surface area contributed by atoms with Gasteiger partial charge in [0.25, 0.3) is 5.91 Å². The number of nitrogens with zero attached hydrogens (tertiary/aromatic N) is 2. The number of carbonyl (C=O) groups is 3. The highest BCUT2D eigenvalue weighted by Crippen LogP contribution is 2.19. The third-order valence-electron chi connectivity index (χ3n) is 4.83. The van der Waals surface area contributed by atoms with E-state index in [4.69, 9.17) is 4.74 Å². The fourth-order valence-electron chi connectivity index (χ4n) is 2.98. The van der Waals surface area contributed by atoms with Crippen molar-refractivity contribution in [3.63, 3.8) is 0 Å². The number of rotatable bonds is 6. The van der Waals surface area contributed by atoms with Gasteiger partial charge in [-0.25, -0.2) is 4.79 Å². The van der Waals surface area contributed by atoms with Crippen molar-refractivity contribution in [3.05, 3.63) is 82.7 Å². The maximum Gasteiger partial charge on any atom is 0.338 e. The molecule has 7 nitrogen and oxygen atoms in total. The lowest BCUT2D eigenvalue weighted by atomic mass is 10.0. The van der Waals surface area contributed by atoms with E-state index in [1.54, 1.807) is 55.1 Å². The summed E-state index contributed by atoms with van der Waals surface area (Å²) in [6.45, 7) is 5.13. The van der Waals surface area contributed by atoms with Crippen LogP contribution in [-0.4, -0.2) is 33.5 Å². The summed E-state index contributed by atoms with van der Waals surface area (Å²) in [6, 6.07) is 15.0. The Morgan fingerprint density at radius 2 is 1.50 bits per heavy atom. The van der Waals surface area contributed by atoms with Gasteiger partial charge < -0.3 is 10.1 Å². The molecule has 0 aliphatic carbocycles. The fourth-order valence-corrected chi connectivity index (χ4v) is 2.98. The minimum atomic E-state index is -0.998. The molecule has 3 rings (SSSR count). The number of anilines is 1. The Morgan fingerprint density at radius 3 is 2.07 bits per heavy atom. The van der Waals surface area contributed by atoms with E-state index >= 15 is 0 Å². The zero-order valence-corrected chi connectivity index (χ0v) is 17.3. The number of aromatic nitrogens is 2. The predicted molar refractivity (Wildman–Crippen MR) is 113 cm³/mol. The number of benzene rings is 2. The zero-order chi connectivity index (χ0) is 21.8. The molecule has 1 aromatic heterocycles. The molecule has 0 spiro atoms. The molecule has 1 atom stereocenters. The maximum atomic E-state index is 12.4. The fraction of sp³-hybridized carbons (Fsp3) is 0.217. The highest BCUT2D eigenvalue weighted by atomic mass is 16.5. The Balaban J connectivity index is 1.64. The molecule has 0 aliphatic heterocycles. The van der Waals surface area contributed by atoms with Crippen molar-refractivity contribution < 1.29 is 19.1 Å². The van der Waals surface area contributed by atoms with Crippen LogP contribution in [0.4, 0.5) is 5.69 Å². The van der Waals surface area contributed by atoms with Crippen LogP contribution in [0.1, 0.15) is 44.6 Å². The Kier molecular flexibility index (Phi) is 6.11. The summed E-state index contributed by atoms with van der Waals surface area (Å²) in [5.74, 6) is -1.22. The average molecular weight is 405 g/mol. The molecule has 2 aromatic carbocycles. The number of hydrogen-bond acceptors (Lipinski definition) is 5. The van der Waals surface area contributed by atoms with Gasteiger partial charge in [0, 0.05) is 18.2 Å². The summed E-state index contributed by atoms with van der Waals surface area (Å²) in [6.07, 6.45) is -0.998. The number of carbonyl (C=O) groups excluding carboxylic acids is 3. The van der Waals surface area contributed by atoms with Crippen LogP contribution in [0.5, 0.6) is 0 Å². The van der Waals surface area contributed by atoms with Crippen LogP contribution in [-0.2, 0) is 16.6 Å². The predicted octanol–water partition coefficient (Wildman–Crippen LogP) is 3.45. The Bertz CT molecular complexity index is 1090. The second-order valence-electron chi connectivity index (χ2n) is 6.98. The van der Waals surface area contributed by atoms with Crippen LogP contribution in [0, 0.1) is 13.8 Å². The number of ketones is 1. The topological polar surface area (TPSA) is 90.3 Å². The first kappa shape index (κ1) is 21.0. The summed E-state index contributed by atoms with van der Waals surface area (Å²) in [5, 5.41) is 7.00. The molecule has 3 aromatic rings. The highest BCUT2D eigenvalue weighted by Gasteiger charge is 2.22. The number of ether oxygens (including phenoxy) is 1. The van der Waals surface area contributed by atoms with Crippen LogP contribution in [0.15, 0.2) is 54.6 Å². The Hall–Kier alpha value is -3.74. The van der Waals surface area contributed by atoms with E-state index in [0.29, 0.717) is 22.5 Å². The van der Waals surface area contributed by atoms with Crippen LogP contribution < -0.4 is 5.32 Å². The second-order valence-corrected chi connectivity index (χ2v) is 6.98. The maximum absolute atomic E-state index is 12.4. The summed E-state index contributed by atoms with van der Waals surface area (Å²) >= 11 is 0. The normalized spacial score (nSPS) is 11.6. The van der Waals surface area contributed by atoms with Crippen molar-refractivity contribution in [2.75, 3.05) is 5.32 Å². The van der Waals surface area contributed by atoms with Gasteiger partial charge in [0.1, 0.15) is 0 Å². The molecule has 1 heterocycles. The minimum Gasteiger partial charge on any atom is -0.449 e. The van der Waals surface area contributed by atoms with Crippen molar-refractivity contribution in [3.8, 4) is 0 Å². The standard InChI is InChI=1S/C23H23N3O4/c1-14-20(15(2)26(4)25-14)24-22(28)16(3)30-23(29)19-12-10-18(11-13-19)21(27)17-8-6-5-7-9-17/h5-13,16H,1-4H3,(H,24,28)/t16-/m0/s1. The molecule has 30 heavy (non-hydrogen) atoms. The summed E-state index contributed by atoms with van der Waals surface area (Å²) in [7, 11) is 1.79. The lowest BCUT2D eigenvalue weighted by Crippen LogP contribution is -2.30. The van der Waals surface area contributed by atoms with E-state index in [2.05, 4.69) is 10.4 Å². The monoisotopic (exact) mass is 405 g/mol.